The summed E-state index contributed by atoms with van der Waals surface area (Å²) in [5.41, 5.74) is 3.60. The van der Waals surface area contributed by atoms with Gasteiger partial charge in [0.25, 0.3) is 0 Å². The lowest BCUT2D eigenvalue weighted by Gasteiger charge is -2.38. The Morgan fingerprint density at radius 3 is 2.73 bits per heavy atom. The molecule has 0 saturated heterocycles. The van der Waals surface area contributed by atoms with Crippen LogP contribution in [0.15, 0.2) is 29.8 Å². The van der Waals surface area contributed by atoms with Crippen LogP contribution in [0.5, 0.6) is 5.75 Å². The highest BCUT2D eigenvalue weighted by molar-refractivity contribution is 5.76. The molecule has 0 saturated carbocycles. The Bertz CT molecular complexity index is 775. The number of aromatic amines is 1. The third-order valence-electron chi connectivity index (χ3n) is 5.84. The highest BCUT2D eigenvalue weighted by atomic mass is 16.5. The zero-order valence-electron chi connectivity index (χ0n) is 17.0. The topological polar surface area (TPSA) is 41.1 Å². The van der Waals surface area contributed by atoms with Crippen LogP contribution >= 0.6 is 0 Å². The molecule has 1 heterocycles. The van der Waals surface area contributed by atoms with Gasteiger partial charge >= 0.3 is 0 Å². The van der Waals surface area contributed by atoms with Gasteiger partial charge in [0.15, 0.2) is 0 Å². The maximum Gasteiger partial charge on any atom is 0.121 e. The number of imidazole rings is 1. The largest absolute Gasteiger partial charge is 0.497 e. The maximum atomic E-state index is 5.32. The minimum atomic E-state index is 0.572. The molecule has 0 bridgehead atoms. The molecule has 1 aliphatic carbocycles. The van der Waals surface area contributed by atoms with Crippen LogP contribution in [0.1, 0.15) is 33.0 Å². The monoisotopic (exact) mass is 355 g/mol. The number of benzene rings is 1. The van der Waals surface area contributed by atoms with E-state index in [1.165, 1.54) is 12.0 Å². The first kappa shape index (κ1) is 19.0. The minimum Gasteiger partial charge on any atom is -0.497 e. The Hall–Kier alpha value is -1.81. The zero-order chi connectivity index (χ0) is 18.8. The van der Waals surface area contributed by atoms with Crippen molar-refractivity contribution in [2.75, 3.05) is 27.7 Å². The predicted octanol–water partition coefficient (Wildman–Crippen LogP) is 4.53. The van der Waals surface area contributed by atoms with E-state index in [0.717, 1.165) is 41.5 Å². The molecule has 0 unspecified atom stereocenters. The van der Waals surface area contributed by atoms with Crippen LogP contribution in [0.3, 0.4) is 0 Å². The average molecular weight is 356 g/mol. The molecule has 0 fully saturated rings. The Morgan fingerprint density at radius 2 is 2.08 bits per heavy atom. The number of rotatable bonds is 6. The van der Waals surface area contributed by atoms with Crippen molar-refractivity contribution < 1.29 is 4.74 Å². The molecule has 0 aliphatic heterocycles. The highest BCUT2D eigenvalue weighted by Gasteiger charge is 2.32. The summed E-state index contributed by atoms with van der Waals surface area (Å²) < 4.78 is 5.32. The van der Waals surface area contributed by atoms with Gasteiger partial charge in [-0.1, -0.05) is 25.5 Å². The number of fused-ring (bicyclic) bond motifs is 1. The Labute approximate surface area is 157 Å². The first-order valence-electron chi connectivity index (χ1n) is 9.73. The molecule has 142 valence electrons. The second-order valence-corrected chi connectivity index (χ2v) is 8.45. The average Bonchev–Trinajstić information content (AvgIpc) is 2.97. The van der Waals surface area contributed by atoms with Gasteiger partial charge < -0.3 is 14.6 Å². The van der Waals surface area contributed by atoms with Crippen molar-refractivity contribution in [1.82, 2.24) is 14.9 Å². The van der Waals surface area contributed by atoms with E-state index in [-0.39, 0.29) is 0 Å². The summed E-state index contributed by atoms with van der Waals surface area (Å²) in [4.78, 5) is 10.6. The fourth-order valence-electron chi connectivity index (χ4n) is 4.41. The molecule has 1 aromatic carbocycles. The summed E-state index contributed by atoms with van der Waals surface area (Å²) in [6.07, 6.45) is 4.76. The lowest BCUT2D eigenvalue weighted by molar-refractivity contribution is 0.190. The van der Waals surface area contributed by atoms with Crippen molar-refractivity contribution in [3.63, 3.8) is 0 Å². The van der Waals surface area contributed by atoms with Crippen LogP contribution in [-0.4, -0.2) is 42.6 Å². The van der Waals surface area contributed by atoms with Gasteiger partial charge in [-0.25, -0.2) is 4.98 Å². The van der Waals surface area contributed by atoms with E-state index in [9.17, 15) is 0 Å². The molecular formula is C22H33N3O. The molecule has 4 nitrogen and oxygen atoms in total. The van der Waals surface area contributed by atoms with Crippen LogP contribution in [0.25, 0.3) is 11.0 Å². The van der Waals surface area contributed by atoms with Crippen LogP contribution in [0, 0.1) is 23.7 Å². The van der Waals surface area contributed by atoms with Crippen molar-refractivity contribution in [2.45, 2.75) is 33.6 Å². The van der Waals surface area contributed by atoms with E-state index in [0.29, 0.717) is 17.8 Å². The summed E-state index contributed by atoms with van der Waals surface area (Å²) in [6, 6.07) is 6.03. The third-order valence-corrected chi connectivity index (χ3v) is 5.84. The molecule has 26 heavy (non-hydrogen) atoms. The van der Waals surface area contributed by atoms with E-state index in [1.807, 2.05) is 18.2 Å². The van der Waals surface area contributed by atoms with E-state index >= 15 is 0 Å². The molecule has 0 spiro atoms. The van der Waals surface area contributed by atoms with E-state index in [4.69, 9.17) is 9.72 Å². The van der Waals surface area contributed by atoms with E-state index in [2.05, 4.69) is 50.8 Å². The molecule has 1 aromatic heterocycles. The van der Waals surface area contributed by atoms with Gasteiger partial charge in [0.2, 0.25) is 0 Å². The number of allylic oxidation sites excluding steroid dienone is 1. The molecule has 1 aliphatic rings. The molecule has 3 rings (SSSR count). The standard InChI is InChI=1S/C22H33N3O/c1-14(2)19-10-16(15(3)9-17(19)13-25(4)5)11-22-23-20-8-7-18(26-6)12-21(20)24-22/h7-9,12,14,16-17,19H,10-11,13H2,1-6H3,(H,23,24)/t16-,17-,19-/m0/s1. The van der Waals surface area contributed by atoms with Gasteiger partial charge in [-0.3, -0.25) is 0 Å². The molecule has 0 amide bonds. The lowest BCUT2D eigenvalue weighted by Crippen LogP contribution is -2.34. The summed E-state index contributed by atoms with van der Waals surface area (Å²) in [5.74, 6) is 4.61. The fraction of sp³-hybridized carbons (Fsp3) is 0.591. The number of nitrogens with zero attached hydrogens (tertiary/aromatic N) is 2. The number of nitrogens with one attached hydrogen (secondary N) is 1. The molecular weight excluding hydrogens is 322 g/mol. The summed E-state index contributed by atoms with van der Waals surface area (Å²) in [6.45, 7) is 8.17. The van der Waals surface area contributed by atoms with E-state index < -0.39 is 0 Å². The SMILES string of the molecule is COc1ccc2nc(C[C@@H]3C[C@@H](C(C)C)[C@H](CN(C)C)C=C3C)[nH]c2c1. The Kier molecular flexibility index (Phi) is 5.71. The summed E-state index contributed by atoms with van der Waals surface area (Å²) >= 11 is 0. The van der Waals surface area contributed by atoms with Crippen LogP contribution in [0.4, 0.5) is 0 Å². The first-order valence-corrected chi connectivity index (χ1v) is 9.73. The molecule has 2 aromatic rings. The first-order chi connectivity index (χ1) is 12.4. The number of ether oxygens (including phenoxy) is 1. The van der Waals surface area contributed by atoms with Gasteiger partial charge in [-0.2, -0.15) is 0 Å². The van der Waals surface area contributed by atoms with Gasteiger partial charge in [-0.15, -0.1) is 0 Å². The zero-order valence-corrected chi connectivity index (χ0v) is 17.0. The van der Waals surface area contributed by atoms with Crippen molar-refractivity contribution in [1.29, 1.82) is 0 Å². The smallest absolute Gasteiger partial charge is 0.121 e. The predicted molar refractivity (Wildman–Crippen MR) is 109 cm³/mol. The van der Waals surface area contributed by atoms with Gasteiger partial charge in [-0.05, 0) is 63.2 Å². The maximum absolute atomic E-state index is 5.32. The molecule has 3 atom stereocenters. The lowest BCUT2D eigenvalue weighted by atomic mass is 9.69. The number of aromatic nitrogens is 2. The number of H-pyrrole nitrogens is 1. The van der Waals surface area contributed by atoms with E-state index in [1.54, 1.807) is 7.11 Å². The second kappa shape index (κ2) is 7.83. The van der Waals surface area contributed by atoms with Gasteiger partial charge in [0.1, 0.15) is 11.6 Å². The second-order valence-electron chi connectivity index (χ2n) is 8.45. The highest BCUT2D eigenvalue weighted by Crippen LogP contribution is 2.39. The Morgan fingerprint density at radius 1 is 1.31 bits per heavy atom. The van der Waals surface area contributed by atoms with Crippen molar-refractivity contribution in [2.24, 2.45) is 23.7 Å². The summed E-state index contributed by atoms with van der Waals surface area (Å²) in [7, 11) is 6.05. The van der Waals surface area contributed by atoms with Gasteiger partial charge in [0.05, 0.1) is 18.1 Å². The number of methoxy groups -OCH3 is 1. The normalized spacial score (nSPS) is 23.7. The van der Waals surface area contributed by atoms with Crippen LogP contribution in [0.2, 0.25) is 0 Å². The van der Waals surface area contributed by atoms with Crippen LogP contribution in [-0.2, 0) is 6.42 Å². The van der Waals surface area contributed by atoms with Crippen molar-refractivity contribution in [3.05, 3.63) is 35.7 Å². The summed E-state index contributed by atoms with van der Waals surface area (Å²) in [5, 5.41) is 0. The number of hydrogen-bond donors (Lipinski definition) is 1. The Balaban J connectivity index is 1.80. The van der Waals surface area contributed by atoms with Crippen LogP contribution < -0.4 is 4.74 Å². The van der Waals surface area contributed by atoms with Crippen molar-refractivity contribution >= 4 is 11.0 Å². The minimum absolute atomic E-state index is 0.572. The molecule has 4 heteroatoms. The van der Waals surface area contributed by atoms with Gasteiger partial charge in [0, 0.05) is 19.0 Å². The molecule has 0 radical (unpaired) electrons. The fourth-order valence-corrected chi connectivity index (χ4v) is 4.41. The number of hydrogen-bond acceptors (Lipinski definition) is 3. The third kappa shape index (κ3) is 4.12. The quantitative estimate of drug-likeness (QED) is 0.774. The molecule has 1 N–H and O–H groups in total. The van der Waals surface area contributed by atoms with Crippen molar-refractivity contribution in [3.8, 4) is 5.75 Å².